The number of benzene rings is 1. The highest BCUT2D eigenvalue weighted by Crippen LogP contribution is 2.19. The summed E-state index contributed by atoms with van der Waals surface area (Å²) in [6, 6.07) is 11.0. The highest BCUT2D eigenvalue weighted by molar-refractivity contribution is 6.02. The minimum Gasteiger partial charge on any atom is -0.321 e. The van der Waals surface area contributed by atoms with Gasteiger partial charge >= 0.3 is 0 Å². The molecule has 0 radical (unpaired) electrons. The fourth-order valence-corrected chi connectivity index (χ4v) is 1.73. The van der Waals surface area contributed by atoms with Gasteiger partial charge in [-0.2, -0.15) is 10.2 Å². The maximum atomic E-state index is 11.8. The van der Waals surface area contributed by atoms with Crippen molar-refractivity contribution in [1.82, 2.24) is 20.4 Å². The van der Waals surface area contributed by atoms with Crippen LogP contribution in [0.1, 0.15) is 10.5 Å². The van der Waals surface area contributed by atoms with E-state index in [9.17, 15) is 4.79 Å². The number of hydrogen-bond acceptors (Lipinski definition) is 3. The van der Waals surface area contributed by atoms with Gasteiger partial charge in [-0.3, -0.25) is 15.0 Å². The van der Waals surface area contributed by atoms with Crippen molar-refractivity contribution in [2.45, 2.75) is 0 Å². The summed E-state index contributed by atoms with van der Waals surface area (Å²) in [6.45, 7) is 0. The highest BCUT2D eigenvalue weighted by atomic mass is 16.1. The van der Waals surface area contributed by atoms with Crippen molar-refractivity contribution in [2.24, 2.45) is 0 Å². The van der Waals surface area contributed by atoms with Crippen LogP contribution in [0, 0.1) is 0 Å². The van der Waals surface area contributed by atoms with Gasteiger partial charge in [-0.1, -0.05) is 12.1 Å². The maximum Gasteiger partial charge on any atom is 0.273 e. The number of hydrogen-bond donors (Lipinski definition) is 3. The van der Waals surface area contributed by atoms with Crippen LogP contribution in [0.2, 0.25) is 0 Å². The lowest BCUT2D eigenvalue weighted by molar-refractivity contribution is 0.102. The van der Waals surface area contributed by atoms with Gasteiger partial charge in [-0.25, -0.2) is 0 Å². The molecule has 0 aliphatic heterocycles. The Morgan fingerprint density at radius 3 is 2.32 bits per heavy atom. The molecule has 1 aromatic carbocycles. The summed E-state index contributed by atoms with van der Waals surface area (Å²) in [5, 5.41) is 15.9. The largest absolute Gasteiger partial charge is 0.321 e. The molecule has 3 rings (SSSR count). The Hall–Kier alpha value is -2.89. The predicted octanol–water partition coefficient (Wildman–Crippen LogP) is 2.05. The van der Waals surface area contributed by atoms with Crippen LogP contribution in [0.5, 0.6) is 0 Å². The Morgan fingerprint density at radius 1 is 0.947 bits per heavy atom. The van der Waals surface area contributed by atoms with E-state index in [1.54, 1.807) is 12.3 Å². The molecule has 0 bridgehead atoms. The van der Waals surface area contributed by atoms with Crippen LogP contribution >= 0.6 is 0 Å². The Kier molecular flexibility index (Phi) is 2.82. The minimum atomic E-state index is -0.216. The first-order chi connectivity index (χ1) is 9.33. The van der Waals surface area contributed by atoms with Crippen LogP contribution in [0.25, 0.3) is 11.3 Å². The van der Waals surface area contributed by atoms with Crippen molar-refractivity contribution in [3.8, 4) is 11.3 Å². The first kappa shape index (κ1) is 11.2. The van der Waals surface area contributed by atoms with E-state index in [0.29, 0.717) is 5.69 Å². The van der Waals surface area contributed by atoms with Crippen LogP contribution < -0.4 is 5.32 Å². The Balaban J connectivity index is 1.75. The van der Waals surface area contributed by atoms with Crippen LogP contribution in [-0.4, -0.2) is 26.3 Å². The molecule has 3 aromatic rings. The molecule has 1 amide bonds. The summed E-state index contributed by atoms with van der Waals surface area (Å²) in [5.41, 5.74) is 3.10. The minimum absolute atomic E-state index is 0.216. The van der Waals surface area contributed by atoms with Crippen molar-refractivity contribution >= 4 is 11.6 Å². The molecule has 2 aromatic heterocycles. The number of aromatic nitrogens is 4. The number of aromatic amines is 2. The van der Waals surface area contributed by atoms with Gasteiger partial charge in [0.25, 0.3) is 5.91 Å². The number of rotatable bonds is 3. The van der Waals surface area contributed by atoms with Crippen molar-refractivity contribution in [1.29, 1.82) is 0 Å². The smallest absolute Gasteiger partial charge is 0.273 e. The number of amides is 1. The molecule has 0 aliphatic carbocycles. The predicted molar refractivity (Wildman–Crippen MR) is 70.6 cm³/mol. The third kappa shape index (κ3) is 2.37. The number of H-pyrrole nitrogens is 2. The number of nitrogens with one attached hydrogen (secondary N) is 3. The molecule has 94 valence electrons. The summed E-state index contributed by atoms with van der Waals surface area (Å²) in [6.07, 6.45) is 3.24. The zero-order chi connectivity index (χ0) is 13.1. The van der Waals surface area contributed by atoms with Crippen molar-refractivity contribution in [3.05, 3.63) is 54.5 Å². The quantitative estimate of drug-likeness (QED) is 0.667. The lowest BCUT2D eigenvalue weighted by atomic mass is 10.1. The zero-order valence-corrected chi connectivity index (χ0v) is 9.92. The van der Waals surface area contributed by atoms with E-state index in [2.05, 4.69) is 25.7 Å². The number of carbonyl (C=O) groups excluding carboxylic acids is 1. The molecule has 0 saturated heterocycles. The molecule has 6 nitrogen and oxygen atoms in total. The molecule has 2 heterocycles. The number of carbonyl (C=O) groups is 1. The van der Waals surface area contributed by atoms with Gasteiger partial charge in [-0.15, -0.1) is 0 Å². The summed E-state index contributed by atoms with van der Waals surface area (Å²) < 4.78 is 0. The fourth-order valence-electron chi connectivity index (χ4n) is 1.73. The summed E-state index contributed by atoms with van der Waals surface area (Å²) >= 11 is 0. The van der Waals surface area contributed by atoms with Gasteiger partial charge in [0.15, 0.2) is 0 Å². The molecular weight excluding hydrogens is 242 g/mol. The lowest BCUT2D eigenvalue weighted by Crippen LogP contribution is -2.12. The molecule has 19 heavy (non-hydrogen) atoms. The zero-order valence-electron chi connectivity index (χ0n) is 9.92. The molecule has 0 atom stereocenters. The van der Waals surface area contributed by atoms with Gasteiger partial charge < -0.3 is 5.32 Å². The van der Waals surface area contributed by atoms with E-state index < -0.39 is 0 Å². The Bertz CT molecular complexity index is 656. The van der Waals surface area contributed by atoms with E-state index in [1.165, 1.54) is 6.20 Å². The second-order valence-electron chi connectivity index (χ2n) is 3.97. The van der Waals surface area contributed by atoms with Crippen LogP contribution in [0.4, 0.5) is 5.69 Å². The molecule has 0 saturated carbocycles. The van der Waals surface area contributed by atoms with E-state index in [4.69, 9.17) is 0 Å². The molecule has 0 fully saturated rings. The normalized spacial score (nSPS) is 10.3. The molecule has 3 N–H and O–H groups in total. The topological polar surface area (TPSA) is 86.5 Å². The number of nitrogens with zero attached hydrogens (tertiary/aromatic N) is 2. The van der Waals surface area contributed by atoms with Gasteiger partial charge in [0, 0.05) is 18.1 Å². The average Bonchev–Trinajstić information content (AvgIpc) is 3.13. The average molecular weight is 253 g/mol. The van der Waals surface area contributed by atoms with Gasteiger partial charge in [0.2, 0.25) is 0 Å². The number of anilines is 1. The van der Waals surface area contributed by atoms with Crippen molar-refractivity contribution in [2.75, 3.05) is 5.32 Å². The molecule has 6 heteroatoms. The SMILES string of the molecule is O=C(Nc1ccc(-c2ccn[nH]2)cc1)c1ccn[nH]1. The van der Waals surface area contributed by atoms with Gasteiger partial charge in [-0.05, 0) is 29.8 Å². The summed E-state index contributed by atoms with van der Waals surface area (Å²) in [7, 11) is 0. The van der Waals surface area contributed by atoms with E-state index >= 15 is 0 Å². The second-order valence-corrected chi connectivity index (χ2v) is 3.97. The van der Waals surface area contributed by atoms with Crippen LogP contribution in [0.15, 0.2) is 48.8 Å². The third-order valence-corrected chi connectivity index (χ3v) is 2.70. The molecule has 0 aliphatic rings. The van der Waals surface area contributed by atoms with Gasteiger partial charge in [0.1, 0.15) is 5.69 Å². The molecule has 0 spiro atoms. The van der Waals surface area contributed by atoms with Crippen molar-refractivity contribution < 1.29 is 4.79 Å². The third-order valence-electron chi connectivity index (χ3n) is 2.70. The summed E-state index contributed by atoms with van der Waals surface area (Å²) in [5.74, 6) is -0.216. The van der Waals surface area contributed by atoms with Gasteiger partial charge in [0.05, 0.1) is 5.69 Å². The lowest BCUT2D eigenvalue weighted by Gasteiger charge is -2.04. The van der Waals surface area contributed by atoms with E-state index in [1.807, 2.05) is 30.3 Å². The first-order valence-corrected chi connectivity index (χ1v) is 5.73. The standard InChI is InChI=1S/C13H11N5O/c19-13(12-6-8-15-18-12)16-10-3-1-9(2-4-10)11-5-7-14-17-11/h1-8H,(H,14,17)(H,15,18)(H,16,19). The monoisotopic (exact) mass is 253 g/mol. The molecule has 0 unspecified atom stereocenters. The maximum absolute atomic E-state index is 11.8. The first-order valence-electron chi connectivity index (χ1n) is 5.73. The van der Waals surface area contributed by atoms with E-state index in [0.717, 1.165) is 16.9 Å². The van der Waals surface area contributed by atoms with Crippen molar-refractivity contribution in [3.63, 3.8) is 0 Å². The highest BCUT2D eigenvalue weighted by Gasteiger charge is 2.07. The van der Waals surface area contributed by atoms with Crippen LogP contribution in [-0.2, 0) is 0 Å². The fraction of sp³-hybridized carbons (Fsp3) is 0. The Morgan fingerprint density at radius 2 is 1.68 bits per heavy atom. The molecular formula is C13H11N5O. The summed E-state index contributed by atoms with van der Waals surface area (Å²) in [4.78, 5) is 11.8. The van der Waals surface area contributed by atoms with E-state index in [-0.39, 0.29) is 5.91 Å². The van der Waals surface area contributed by atoms with Crippen LogP contribution in [0.3, 0.4) is 0 Å². The second kappa shape index (κ2) is 4.77. The Labute approximate surface area is 108 Å².